The summed E-state index contributed by atoms with van der Waals surface area (Å²) < 4.78 is 0. The zero-order valence-electron chi connectivity index (χ0n) is 18.0. The predicted octanol–water partition coefficient (Wildman–Crippen LogP) is 4.31. The van der Waals surface area contributed by atoms with E-state index in [1.807, 2.05) is 54.7 Å². The van der Waals surface area contributed by atoms with Gasteiger partial charge in [0, 0.05) is 24.8 Å². The minimum atomic E-state index is 0.168. The largest absolute Gasteiger partial charge is 0.341 e. The molecule has 1 aliphatic carbocycles. The van der Waals surface area contributed by atoms with E-state index in [9.17, 15) is 4.79 Å². The SMILES string of the molecule is NCc1ccc(CN(Cc2nc3ccccc3[nH]2)C2CCCc3cccnc32)c(C=O)c1. The maximum absolute atomic E-state index is 11.8. The van der Waals surface area contributed by atoms with Gasteiger partial charge < -0.3 is 10.7 Å². The van der Waals surface area contributed by atoms with Crippen LogP contribution in [0.3, 0.4) is 0 Å². The molecule has 0 saturated heterocycles. The summed E-state index contributed by atoms with van der Waals surface area (Å²) in [5.74, 6) is 0.917. The van der Waals surface area contributed by atoms with Crippen LogP contribution in [-0.4, -0.2) is 26.1 Å². The Morgan fingerprint density at radius 3 is 2.88 bits per heavy atom. The van der Waals surface area contributed by atoms with E-state index in [2.05, 4.69) is 16.0 Å². The topological polar surface area (TPSA) is 87.9 Å². The van der Waals surface area contributed by atoms with Crippen LogP contribution in [-0.2, 0) is 26.1 Å². The van der Waals surface area contributed by atoms with Crippen LogP contribution in [0.5, 0.6) is 0 Å². The molecule has 4 aromatic rings. The van der Waals surface area contributed by atoms with E-state index in [0.29, 0.717) is 25.2 Å². The molecule has 0 spiro atoms. The maximum atomic E-state index is 11.8. The van der Waals surface area contributed by atoms with E-state index in [1.165, 1.54) is 5.56 Å². The average Bonchev–Trinajstić information content (AvgIpc) is 3.26. The Kier molecular flexibility index (Phi) is 5.79. The van der Waals surface area contributed by atoms with Crippen LogP contribution >= 0.6 is 0 Å². The summed E-state index contributed by atoms with van der Waals surface area (Å²) in [6.45, 7) is 1.70. The molecule has 2 aromatic heterocycles. The highest BCUT2D eigenvalue weighted by Gasteiger charge is 2.28. The number of pyridine rings is 1. The summed E-state index contributed by atoms with van der Waals surface area (Å²) in [5, 5.41) is 0. The number of hydrogen-bond donors (Lipinski definition) is 2. The molecule has 6 heteroatoms. The second-order valence-electron chi connectivity index (χ2n) is 8.42. The number of aldehydes is 1. The molecule has 2 heterocycles. The minimum Gasteiger partial charge on any atom is -0.341 e. The van der Waals surface area contributed by atoms with Crippen LogP contribution in [0.2, 0.25) is 0 Å². The number of aromatic nitrogens is 3. The number of nitrogens with two attached hydrogens (primary N) is 1. The van der Waals surface area contributed by atoms with Crippen molar-refractivity contribution in [3.63, 3.8) is 0 Å². The van der Waals surface area contributed by atoms with Crippen LogP contribution < -0.4 is 5.73 Å². The highest BCUT2D eigenvalue weighted by molar-refractivity contribution is 5.77. The van der Waals surface area contributed by atoms with Crippen molar-refractivity contribution in [2.24, 2.45) is 5.73 Å². The second-order valence-corrected chi connectivity index (χ2v) is 8.42. The Morgan fingerprint density at radius 2 is 2.03 bits per heavy atom. The molecule has 1 aliphatic rings. The molecular weight excluding hydrogens is 398 g/mol. The number of H-pyrrole nitrogens is 1. The number of carbonyl (C=O) groups is 1. The maximum Gasteiger partial charge on any atom is 0.150 e. The number of carbonyl (C=O) groups excluding carboxylic acids is 1. The van der Waals surface area contributed by atoms with Crippen molar-refractivity contribution < 1.29 is 4.79 Å². The summed E-state index contributed by atoms with van der Waals surface area (Å²) in [6.07, 6.45) is 6.02. The second kappa shape index (κ2) is 9.02. The fourth-order valence-corrected chi connectivity index (χ4v) is 4.73. The fraction of sp³-hybridized carbons (Fsp3) is 0.269. The normalized spacial score (nSPS) is 15.8. The third-order valence-electron chi connectivity index (χ3n) is 6.34. The lowest BCUT2D eigenvalue weighted by atomic mass is 9.90. The van der Waals surface area contributed by atoms with E-state index >= 15 is 0 Å². The zero-order chi connectivity index (χ0) is 21.9. The zero-order valence-corrected chi connectivity index (χ0v) is 18.0. The summed E-state index contributed by atoms with van der Waals surface area (Å²) in [6, 6.07) is 18.4. The van der Waals surface area contributed by atoms with E-state index in [4.69, 9.17) is 15.7 Å². The molecule has 0 saturated carbocycles. The Labute approximate surface area is 187 Å². The first-order valence-electron chi connectivity index (χ1n) is 11.1. The fourth-order valence-electron chi connectivity index (χ4n) is 4.73. The van der Waals surface area contributed by atoms with E-state index < -0.39 is 0 Å². The summed E-state index contributed by atoms with van der Waals surface area (Å²) >= 11 is 0. The lowest BCUT2D eigenvalue weighted by Gasteiger charge is -2.35. The molecular formula is C26H27N5O. The first-order chi connectivity index (χ1) is 15.7. The lowest BCUT2D eigenvalue weighted by molar-refractivity contribution is 0.111. The van der Waals surface area contributed by atoms with Crippen LogP contribution in [0.15, 0.2) is 60.8 Å². The first-order valence-corrected chi connectivity index (χ1v) is 11.1. The van der Waals surface area contributed by atoms with Gasteiger partial charge in [0.15, 0.2) is 0 Å². The predicted molar refractivity (Wildman–Crippen MR) is 125 cm³/mol. The summed E-state index contributed by atoms with van der Waals surface area (Å²) in [7, 11) is 0. The monoisotopic (exact) mass is 425 g/mol. The molecule has 2 aromatic carbocycles. The number of aryl methyl sites for hydroxylation is 1. The van der Waals surface area contributed by atoms with Crippen LogP contribution in [0.25, 0.3) is 11.0 Å². The molecule has 6 nitrogen and oxygen atoms in total. The van der Waals surface area contributed by atoms with Crippen molar-refractivity contribution in [3.05, 3.63) is 94.6 Å². The van der Waals surface area contributed by atoms with Crippen molar-refractivity contribution >= 4 is 17.3 Å². The Morgan fingerprint density at radius 1 is 1.12 bits per heavy atom. The minimum absolute atomic E-state index is 0.168. The smallest absolute Gasteiger partial charge is 0.150 e. The molecule has 1 unspecified atom stereocenters. The molecule has 32 heavy (non-hydrogen) atoms. The van der Waals surface area contributed by atoms with Gasteiger partial charge in [-0.05, 0) is 60.2 Å². The van der Waals surface area contributed by atoms with Gasteiger partial charge >= 0.3 is 0 Å². The molecule has 0 aliphatic heterocycles. The van der Waals surface area contributed by atoms with Crippen molar-refractivity contribution in [2.45, 2.75) is 44.9 Å². The standard InChI is InChI=1S/C26H27N5O/c27-14-18-10-11-20(21(13-18)17-32)15-31(16-25-29-22-7-1-2-8-23(22)30-25)24-9-3-5-19-6-4-12-28-26(19)24/h1-2,4,6-8,10-13,17,24H,3,5,9,14-16,27H2,(H,29,30). The summed E-state index contributed by atoms with van der Waals surface area (Å²) in [5.41, 5.74) is 12.9. The van der Waals surface area contributed by atoms with Gasteiger partial charge in [-0.15, -0.1) is 0 Å². The number of para-hydroxylation sites is 2. The number of nitrogens with zero attached hydrogens (tertiary/aromatic N) is 3. The number of hydrogen-bond acceptors (Lipinski definition) is 5. The quantitative estimate of drug-likeness (QED) is 0.431. The lowest BCUT2D eigenvalue weighted by Crippen LogP contribution is -2.32. The molecule has 0 bridgehead atoms. The van der Waals surface area contributed by atoms with Gasteiger partial charge in [0.2, 0.25) is 0 Å². The third kappa shape index (κ3) is 4.07. The van der Waals surface area contributed by atoms with Gasteiger partial charge in [0.05, 0.1) is 29.3 Å². The number of fused-ring (bicyclic) bond motifs is 2. The van der Waals surface area contributed by atoms with Crippen molar-refractivity contribution in [1.82, 2.24) is 19.9 Å². The average molecular weight is 426 g/mol. The van der Waals surface area contributed by atoms with Crippen LogP contribution in [0.1, 0.15) is 57.5 Å². The van der Waals surface area contributed by atoms with Gasteiger partial charge in [-0.1, -0.05) is 30.3 Å². The van der Waals surface area contributed by atoms with Gasteiger partial charge in [0.25, 0.3) is 0 Å². The van der Waals surface area contributed by atoms with E-state index in [-0.39, 0.29) is 6.04 Å². The molecule has 1 atom stereocenters. The van der Waals surface area contributed by atoms with Crippen molar-refractivity contribution in [3.8, 4) is 0 Å². The number of rotatable bonds is 7. The molecule has 162 valence electrons. The highest BCUT2D eigenvalue weighted by atomic mass is 16.1. The van der Waals surface area contributed by atoms with E-state index in [1.54, 1.807) is 0 Å². The van der Waals surface area contributed by atoms with Gasteiger partial charge in [-0.2, -0.15) is 0 Å². The van der Waals surface area contributed by atoms with E-state index in [0.717, 1.165) is 59.2 Å². The summed E-state index contributed by atoms with van der Waals surface area (Å²) in [4.78, 5) is 27.3. The Hall–Kier alpha value is -3.35. The number of nitrogens with one attached hydrogen (secondary N) is 1. The van der Waals surface area contributed by atoms with Crippen molar-refractivity contribution in [2.75, 3.05) is 0 Å². The highest BCUT2D eigenvalue weighted by Crippen LogP contribution is 2.35. The Bertz CT molecular complexity index is 1210. The number of aromatic amines is 1. The van der Waals surface area contributed by atoms with Crippen molar-refractivity contribution in [1.29, 1.82) is 0 Å². The molecule has 3 N–H and O–H groups in total. The van der Waals surface area contributed by atoms with Gasteiger partial charge in [-0.3, -0.25) is 14.7 Å². The first kappa shape index (κ1) is 20.5. The van der Waals surface area contributed by atoms with Crippen LogP contribution in [0, 0.1) is 0 Å². The Balaban J connectivity index is 1.52. The number of imidazole rings is 1. The molecule has 5 rings (SSSR count). The van der Waals surface area contributed by atoms with Crippen LogP contribution in [0.4, 0.5) is 0 Å². The third-order valence-corrected chi connectivity index (χ3v) is 6.34. The van der Waals surface area contributed by atoms with Gasteiger partial charge in [-0.25, -0.2) is 4.98 Å². The molecule has 0 amide bonds. The molecule has 0 radical (unpaired) electrons. The van der Waals surface area contributed by atoms with Gasteiger partial charge in [0.1, 0.15) is 12.1 Å². The molecule has 0 fully saturated rings. The number of benzene rings is 2.